The predicted octanol–water partition coefficient (Wildman–Crippen LogP) is 2.81. The first kappa shape index (κ1) is 13.5. The average molecular weight is 281 g/mol. The van der Waals surface area contributed by atoms with Crippen LogP contribution < -0.4 is 4.87 Å². The Morgan fingerprint density at radius 1 is 1.42 bits per heavy atom. The second-order valence-corrected chi connectivity index (χ2v) is 5.17. The molecule has 4 nitrogen and oxygen atoms in total. The van der Waals surface area contributed by atoms with Crippen molar-refractivity contribution in [2.24, 2.45) is 0 Å². The normalized spacial score (nSPS) is 10.7. The summed E-state index contributed by atoms with van der Waals surface area (Å²) in [6.45, 7) is 3.43. The van der Waals surface area contributed by atoms with Crippen molar-refractivity contribution in [3.8, 4) is 10.4 Å². The van der Waals surface area contributed by atoms with Crippen molar-refractivity contribution in [2.45, 2.75) is 20.0 Å². The maximum atomic E-state index is 13.2. The summed E-state index contributed by atoms with van der Waals surface area (Å²) in [4.78, 5) is 25.7. The van der Waals surface area contributed by atoms with Gasteiger partial charge in [-0.2, -0.15) is 0 Å². The second-order valence-electron chi connectivity index (χ2n) is 4.18. The molecule has 0 bridgehead atoms. The maximum Gasteiger partial charge on any atom is 0.356 e. The van der Waals surface area contributed by atoms with Crippen LogP contribution in [-0.4, -0.2) is 17.1 Å². The lowest BCUT2D eigenvalue weighted by Crippen LogP contribution is -2.13. The molecule has 0 unspecified atom stereocenters. The Labute approximate surface area is 112 Å². The van der Waals surface area contributed by atoms with Crippen LogP contribution in [-0.2, 0) is 4.74 Å². The number of carbonyl (C=O) groups is 1. The average Bonchev–Trinajstić information content (AvgIpc) is 2.70. The second kappa shape index (κ2) is 5.36. The minimum Gasteiger partial charge on any atom is -0.458 e. The number of nitrogens with one attached hydrogen (secondary N) is 1. The van der Waals surface area contributed by atoms with E-state index in [1.54, 1.807) is 19.9 Å². The van der Waals surface area contributed by atoms with Gasteiger partial charge in [-0.15, -0.1) is 0 Å². The number of hydrogen-bond donors (Lipinski definition) is 1. The van der Waals surface area contributed by atoms with Crippen LogP contribution in [0.25, 0.3) is 10.4 Å². The van der Waals surface area contributed by atoms with Crippen molar-refractivity contribution >= 4 is 17.3 Å². The molecular weight excluding hydrogens is 269 g/mol. The van der Waals surface area contributed by atoms with Crippen LogP contribution in [0, 0.1) is 5.82 Å². The number of aromatic amines is 1. The molecule has 0 aliphatic rings. The number of esters is 1. The zero-order valence-corrected chi connectivity index (χ0v) is 11.2. The van der Waals surface area contributed by atoms with E-state index in [0.29, 0.717) is 10.4 Å². The first-order valence-electron chi connectivity index (χ1n) is 5.67. The third-order valence-electron chi connectivity index (χ3n) is 2.28. The Kier molecular flexibility index (Phi) is 3.80. The number of carbonyl (C=O) groups excluding carboxylic acids is 1. The van der Waals surface area contributed by atoms with E-state index in [0.717, 1.165) is 11.3 Å². The van der Waals surface area contributed by atoms with Crippen LogP contribution in [0.15, 0.2) is 29.1 Å². The van der Waals surface area contributed by atoms with Crippen molar-refractivity contribution in [3.05, 3.63) is 45.4 Å². The molecule has 0 radical (unpaired) electrons. The van der Waals surface area contributed by atoms with Crippen LogP contribution in [0.2, 0.25) is 0 Å². The monoisotopic (exact) mass is 281 g/mol. The molecular formula is C13H12FNO3S. The Morgan fingerprint density at radius 2 is 2.16 bits per heavy atom. The molecule has 0 fully saturated rings. The highest BCUT2D eigenvalue weighted by molar-refractivity contribution is 7.13. The van der Waals surface area contributed by atoms with Gasteiger partial charge < -0.3 is 9.72 Å². The van der Waals surface area contributed by atoms with Gasteiger partial charge in [0, 0.05) is 0 Å². The van der Waals surface area contributed by atoms with E-state index in [2.05, 4.69) is 4.98 Å². The summed E-state index contributed by atoms with van der Waals surface area (Å²) in [5.41, 5.74) is 0.536. The number of rotatable bonds is 3. The van der Waals surface area contributed by atoms with Gasteiger partial charge in [-0.1, -0.05) is 23.5 Å². The summed E-state index contributed by atoms with van der Waals surface area (Å²) in [6.07, 6.45) is -0.295. The van der Waals surface area contributed by atoms with Crippen LogP contribution >= 0.6 is 11.3 Å². The first-order chi connectivity index (χ1) is 8.97. The van der Waals surface area contributed by atoms with Gasteiger partial charge in [-0.05, 0) is 31.5 Å². The fourth-order valence-electron chi connectivity index (χ4n) is 1.58. The third-order valence-corrected chi connectivity index (χ3v) is 3.21. The van der Waals surface area contributed by atoms with Gasteiger partial charge in [-0.25, -0.2) is 9.18 Å². The van der Waals surface area contributed by atoms with Crippen molar-refractivity contribution in [3.63, 3.8) is 0 Å². The third kappa shape index (κ3) is 3.08. The molecule has 6 heteroatoms. The van der Waals surface area contributed by atoms with Crippen molar-refractivity contribution < 1.29 is 13.9 Å². The van der Waals surface area contributed by atoms with Gasteiger partial charge >= 0.3 is 10.8 Å². The Bertz CT molecular complexity index is 660. The quantitative estimate of drug-likeness (QED) is 0.880. The van der Waals surface area contributed by atoms with Gasteiger partial charge in [0.15, 0.2) is 0 Å². The number of aromatic nitrogens is 1. The molecule has 1 aromatic heterocycles. The lowest BCUT2D eigenvalue weighted by molar-refractivity contribution is 0.0372. The van der Waals surface area contributed by atoms with Crippen LogP contribution in [0.3, 0.4) is 0 Å². The molecule has 2 aromatic rings. The fraction of sp³-hybridized carbons (Fsp3) is 0.231. The molecule has 100 valence electrons. The number of H-pyrrole nitrogens is 1. The zero-order chi connectivity index (χ0) is 14.0. The van der Waals surface area contributed by atoms with Gasteiger partial charge in [0.2, 0.25) is 0 Å². The van der Waals surface area contributed by atoms with Crippen molar-refractivity contribution in [1.82, 2.24) is 4.98 Å². The SMILES string of the molecule is CC(C)OC(=O)c1[nH]c(=O)sc1-c1cccc(F)c1. The van der Waals surface area contributed by atoms with Crippen molar-refractivity contribution in [1.29, 1.82) is 0 Å². The fourth-order valence-corrected chi connectivity index (χ4v) is 2.40. The molecule has 0 aliphatic heterocycles. The van der Waals surface area contributed by atoms with Gasteiger partial charge in [-0.3, -0.25) is 4.79 Å². The lowest BCUT2D eigenvalue weighted by atomic mass is 10.1. The van der Waals surface area contributed by atoms with E-state index >= 15 is 0 Å². The Morgan fingerprint density at radius 3 is 2.79 bits per heavy atom. The highest BCUT2D eigenvalue weighted by Gasteiger charge is 2.19. The molecule has 19 heavy (non-hydrogen) atoms. The van der Waals surface area contributed by atoms with E-state index in [9.17, 15) is 14.0 Å². The van der Waals surface area contributed by atoms with E-state index in [4.69, 9.17) is 4.74 Å². The molecule has 1 aromatic carbocycles. The molecule has 0 saturated heterocycles. The van der Waals surface area contributed by atoms with Gasteiger partial charge in [0.05, 0.1) is 11.0 Å². The minimum atomic E-state index is -0.618. The molecule has 0 aliphatic carbocycles. The summed E-state index contributed by atoms with van der Waals surface area (Å²) in [7, 11) is 0. The molecule has 2 rings (SSSR count). The summed E-state index contributed by atoms with van der Waals surface area (Å²) in [5.74, 6) is -1.05. The van der Waals surface area contributed by atoms with Crippen LogP contribution in [0.4, 0.5) is 4.39 Å². The number of benzene rings is 1. The Hall–Kier alpha value is -1.95. The number of hydrogen-bond acceptors (Lipinski definition) is 4. The smallest absolute Gasteiger partial charge is 0.356 e. The largest absolute Gasteiger partial charge is 0.458 e. The number of halogens is 1. The van der Waals surface area contributed by atoms with Crippen LogP contribution in [0.1, 0.15) is 24.3 Å². The highest BCUT2D eigenvalue weighted by atomic mass is 32.1. The van der Waals surface area contributed by atoms with E-state index in [1.807, 2.05) is 0 Å². The topological polar surface area (TPSA) is 59.2 Å². The van der Waals surface area contributed by atoms with Crippen LogP contribution in [0.5, 0.6) is 0 Å². The summed E-state index contributed by atoms with van der Waals surface area (Å²) >= 11 is 0.853. The molecule has 1 N–H and O–H groups in total. The number of ether oxygens (including phenoxy) is 1. The van der Waals surface area contributed by atoms with Gasteiger partial charge in [0.25, 0.3) is 0 Å². The Balaban J connectivity index is 2.47. The highest BCUT2D eigenvalue weighted by Crippen LogP contribution is 2.26. The predicted molar refractivity (Wildman–Crippen MR) is 70.9 cm³/mol. The maximum absolute atomic E-state index is 13.2. The van der Waals surface area contributed by atoms with E-state index in [-0.39, 0.29) is 16.7 Å². The van der Waals surface area contributed by atoms with E-state index in [1.165, 1.54) is 18.2 Å². The summed E-state index contributed by atoms with van der Waals surface area (Å²) in [6, 6.07) is 5.72. The van der Waals surface area contributed by atoms with Gasteiger partial charge in [0.1, 0.15) is 11.5 Å². The molecule has 1 heterocycles. The summed E-state index contributed by atoms with van der Waals surface area (Å²) in [5, 5.41) is 0. The molecule has 0 saturated carbocycles. The summed E-state index contributed by atoms with van der Waals surface area (Å²) < 4.78 is 18.2. The standard InChI is InChI=1S/C13H12FNO3S/c1-7(2)18-12(16)10-11(19-13(17)15-10)8-4-3-5-9(14)6-8/h3-7H,1-2H3,(H,15,17). The van der Waals surface area contributed by atoms with E-state index < -0.39 is 11.8 Å². The minimum absolute atomic E-state index is 0.0642. The molecule has 0 amide bonds. The lowest BCUT2D eigenvalue weighted by Gasteiger charge is -2.07. The zero-order valence-electron chi connectivity index (χ0n) is 10.4. The number of thiazole rings is 1. The molecule has 0 atom stereocenters. The van der Waals surface area contributed by atoms with Crippen molar-refractivity contribution in [2.75, 3.05) is 0 Å². The first-order valence-corrected chi connectivity index (χ1v) is 6.49. The molecule has 0 spiro atoms.